The van der Waals surface area contributed by atoms with E-state index in [1.54, 1.807) is 0 Å². The predicted octanol–water partition coefficient (Wildman–Crippen LogP) is 0.863. The van der Waals surface area contributed by atoms with Crippen LogP contribution in [-0.4, -0.2) is 48.3 Å². The largest absolute Gasteiger partial charge is 0.390 e. The first-order valence-electron chi connectivity index (χ1n) is 5.71. The van der Waals surface area contributed by atoms with Gasteiger partial charge in [-0.2, -0.15) is 0 Å². The molecular formula is C11H23ClN2O. The van der Waals surface area contributed by atoms with Gasteiger partial charge in [-0.1, -0.05) is 13.8 Å². The fourth-order valence-corrected chi connectivity index (χ4v) is 2.48. The number of β-amino-alcohol motifs (C(OH)–C–C–N with tert-alkyl or cyclic N) is 1. The van der Waals surface area contributed by atoms with Crippen LogP contribution in [0.15, 0.2) is 0 Å². The SMILES string of the molecule is CC1(C)CCN([C@@H]2CNC[C@H]2O)CC1.Cl. The highest BCUT2D eigenvalue weighted by Crippen LogP contribution is 2.31. The Hall–Kier alpha value is 0.170. The van der Waals surface area contributed by atoms with Crippen LogP contribution in [0.5, 0.6) is 0 Å². The summed E-state index contributed by atoms with van der Waals surface area (Å²) >= 11 is 0. The third kappa shape index (κ3) is 3.06. The highest BCUT2D eigenvalue weighted by atomic mass is 35.5. The lowest BCUT2D eigenvalue weighted by Gasteiger charge is -2.40. The zero-order valence-electron chi connectivity index (χ0n) is 9.70. The van der Waals surface area contributed by atoms with Crippen molar-refractivity contribution >= 4 is 12.4 Å². The van der Waals surface area contributed by atoms with E-state index in [2.05, 4.69) is 24.1 Å². The number of piperidine rings is 1. The van der Waals surface area contributed by atoms with Gasteiger partial charge < -0.3 is 10.4 Å². The number of rotatable bonds is 1. The summed E-state index contributed by atoms with van der Waals surface area (Å²) in [5.41, 5.74) is 0.507. The molecule has 90 valence electrons. The van der Waals surface area contributed by atoms with Crippen molar-refractivity contribution in [3.8, 4) is 0 Å². The number of aliphatic hydroxyl groups is 1. The molecule has 2 aliphatic heterocycles. The molecule has 15 heavy (non-hydrogen) atoms. The molecule has 0 aliphatic carbocycles. The monoisotopic (exact) mass is 234 g/mol. The highest BCUT2D eigenvalue weighted by Gasteiger charge is 2.34. The smallest absolute Gasteiger partial charge is 0.0831 e. The van der Waals surface area contributed by atoms with Gasteiger partial charge in [-0.15, -0.1) is 12.4 Å². The van der Waals surface area contributed by atoms with Gasteiger partial charge in [-0.05, 0) is 31.3 Å². The summed E-state index contributed by atoms with van der Waals surface area (Å²) in [5.74, 6) is 0. The molecule has 0 amide bonds. The molecule has 0 aromatic heterocycles. The minimum absolute atomic E-state index is 0. The van der Waals surface area contributed by atoms with Crippen molar-refractivity contribution in [2.75, 3.05) is 26.2 Å². The summed E-state index contributed by atoms with van der Waals surface area (Å²) in [6, 6.07) is 0.367. The second-order valence-corrected chi connectivity index (χ2v) is 5.49. The standard InChI is InChI=1S/C11H22N2O.ClH/c1-11(2)3-5-13(6-4-11)9-7-12-8-10(9)14;/h9-10,12,14H,3-8H2,1-2H3;1H/t9-,10-;/m1./s1. The quantitative estimate of drug-likeness (QED) is 0.707. The van der Waals surface area contributed by atoms with E-state index in [9.17, 15) is 5.11 Å². The van der Waals surface area contributed by atoms with Crippen LogP contribution < -0.4 is 5.32 Å². The normalized spacial score (nSPS) is 36.2. The Kier molecular flexibility index (Phi) is 4.41. The third-order valence-corrected chi connectivity index (χ3v) is 3.77. The van der Waals surface area contributed by atoms with Crippen molar-refractivity contribution in [3.63, 3.8) is 0 Å². The van der Waals surface area contributed by atoms with Crippen molar-refractivity contribution in [1.82, 2.24) is 10.2 Å². The van der Waals surface area contributed by atoms with Crippen molar-refractivity contribution in [1.29, 1.82) is 0 Å². The first-order chi connectivity index (χ1) is 6.58. The van der Waals surface area contributed by atoms with Gasteiger partial charge in [0.25, 0.3) is 0 Å². The summed E-state index contributed by atoms with van der Waals surface area (Å²) in [5, 5.41) is 13.0. The van der Waals surface area contributed by atoms with E-state index in [0.717, 1.165) is 26.2 Å². The maximum Gasteiger partial charge on any atom is 0.0831 e. The Morgan fingerprint density at radius 1 is 1.20 bits per heavy atom. The van der Waals surface area contributed by atoms with Crippen LogP contribution in [0.3, 0.4) is 0 Å². The molecule has 2 saturated heterocycles. The van der Waals surface area contributed by atoms with Crippen LogP contribution in [0.2, 0.25) is 0 Å². The highest BCUT2D eigenvalue weighted by molar-refractivity contribution is 5.85. The van der Waals surface area contributed by atoms with Crippen LogP contribution in [0, 0.1) is 5.41 Å². The van der Waals surface area contributed by atoms with Crippen LogP contribution in [0.4, 0.5) is 0 Å². The Morgan fingerprint density at radius 3 is 2.27 bits per heavy atom. The molecule has 2 aliphatic rings. The number of aliphatic hydroxyl groups excluding tert-OH is 1. The molecule has 2 heterocycles. The van der Waals surface area contributed by atoms with Crippen molar-refractivity contribution in [2.24, 2.45) is 5.41 Å². The van der Waals surface area contributed by atoms with Gasteiger partial charge in [-0.3, -0.25) is 4.90 Å². The average molecular weight is 235 g/mol. The predicted molar refractivity (Wildman–Crippen MR) is 64.5 cm³/mol. The Labute approximate surface area is 98.6 Å². The van der Waals surface area contributed by atoms with Gasteiger partial charge in [0.05, 0.1) is 6.10 Å². The second kappa shape index (κ2) is 5.00. The van der Waals surface area contributed by atoms with E-state index in [4.69, 9.17) is 0 Å². The number of hydrogen-bond acceptors (Lipinski definition) is 3. The molecule has 2 atom stereocenters. The lowest BCUT2D eigenvalue weighted by Crippen LogP contribution is -2.48. The van der Waals surface area contributed by atoms with Gasteiger partial charge in [0.2, 0.25) is 0 Å². The van der Waals surface area contributed by atoms with E-state index in [0.29, 0.717) is 11.5 Å². The molecular weight excluding hydrogens is 212 g/mol. The molecule has 0 aromatic carbocycles. The van der Waals surface area contributed by atoms with E-state index in [1.165, 1.54) is 12.8 Å². The van der Waals surface area contributed by atoms with E-state index in [1.807, 2.05) is 0 Å². The minimum Gasteiger partial charge on any atom is -0.390 e. The molecule has 0 saturated carbocycles. The lowest BCUT2D eigenvalue weighted by molar-refractivity contribution is 0.0417. The van der Waals surface area contributed by atoms with Gasteiger partial charge in [0.1, 0.15) is 0 Å². The Bertz CT molecular complexity index is 201. The van der Waals surface area contributed by atoms with E-state index >= 15 is 0 Å². The molecule has 2 N–H and O–H groups in total. The van der Waals surface area contributed by atoms with Gasteiger partial charge in [0, 0.05) is 19.1 Å². The first kappa shape index (κ1) is 13.2. The van der Waals surface area contributed by atoms with Gasteiger partial charge >= 0.3 is 0 Å². The maximum absolute atomic E-state index is 9.77. The van der Waals surface area contributed by atoms with Crippen LogP contribution in [-0.2, 0) is 0 Å². The van der Waals surface area contributed by atoms with E-state index in [-0.39, 0.29) is 18.5 Å². The van der Waals surface area contributed by atoms with Crippen molar-refractivity contribution in [2.45, 2.75) is 38.8 Å². The zero-order chi connectivity index (χ0) is 10.2. The number of nitrogens with one attached hydrogen (secondary N) is 1. The lowest BCUT2D eigenvalue weighted by atomic mass is 9.82. The summed E-state index contributed by atoms with van der Waals surface area (Å²) in [6.07, 6.45) is 2.36. The van der Waals surface area contributed by atoms with Gasteiger partial charge in [0.15, 0.2) is 0 Å². The molecule has 0 bridgehead atoms. The first-order valence-corrected chi connectivity index (χ1v) is 5.71. The zero-order valence-corrected chi connectivity index (χ0v) is 10.5. The minimum atomic E-state index is -0.156. The van der Waals surface area contributed by atoms with Gasteiger partial charge in [-0.25, -0.2) is 0 Å². The third-order valence-electron chi connectivity index (χ3n) is 3.77. The van der Waals surface area contributed by atoms with Crippen molar-refractivity contribution in [3.05, 3.63) is 0 Å². The molecule has 0 aromatic rings. The fourth-order valence-electron chi connectivity index (χ4n) is 2.48. The number of nitrogens with zero attached hydrogens (tertiary/aromatic N) is 1. The number of halogens is 1. The Morgan fingerprint density at radius 2 is 1.80 bits per heavy atom. The van der Waals surface area contributed by atoms with Crippen LogP contribution in [0.1, 0.15) is 26.7 Å². The van der Waals surface area contributed by atoms with Crippen LogP contribution >= 0.6 is 12.4 Å². The summed E-state index contributed by atoms with van der Waals surface area (Å²) < 4.78 is 0. The van der Waals surface area contributed by atoms with E-state index < -0.39 is 0 Å². The summed E-state index contributed by atoms with van der Waals surface area (Å²) in [6.45, 7) is 8.71. The average Bonchev–Trinajstić information content (AvgIpc) is 2.52. The van der Waals surface area contributed by atoms with Crippen LogP contribution in [0.25, 0.3) is 0 Å². The molecule has 4 heteroatoms. The molecule has 2 fully saturated rings. The summed E-state index contributed by atoms with van der Waals surface area (Å²) in [4.78, 5) is 2.45. The molecule has 3 nitrogen and oxygen atoms in total. The molecule has 2 rings (SSSR count). The summed E-state index contributed by atoms with van der Waals surface area (Å²) in [7, 11) is 0. The fraction of sp³-hybridized carbons (Fsp3) is 1.00. The maximum atomic E-state index is 9.77. The van der Waals surface area contributed by atoms with Crippen molar-refractivity contribution < 1.29 is 5.11 Å². The molecule has 0 radical (unpaired) electrons. The Balaban J connectivity index is 0.00000112. The molecule has 0 unspecified atom stereocenters. The topological polar surface area (TPSA) is 35.5 Å². The number of likely N-dealkylation sites (tertiary alicyclic amines) is 1. The second-order valence-electron chi connectivity index (χ2n) is 5.49. The molecule has 0 spiro atoms. The number of hydrogen-bond donors (Lipinski definition) is 2.